The molecule has 4 N–H and O–H groups in total. The monoisotopic (exact) mass is 295 g/mol. The van der Waals surface area contributed by atoms with Crippen LogP contribution in [0.1, 0.15) is 16.8 Å². The highest BCUT2D eigenvalue weighted by Crippen LogP contribution is 2.34. The van der Waals surface area contributed by atoms with Gasteiger partial charge in [-0.1, -0.05) is 6.07 Å². The first-order valence-electron chi connectivity index (χ1n) is 6.17. The molecule has 21 heavy (non-hydrogen) atoms. The molecule has 110 valence electrons. The van der Waals surface area contributed by atoms with Gasteiger partial charge in [0.1, 0.15) is 5.82 Å². The van der Waals surface area contributed by atoms with Crippen LogP contribution in [-0.4, -0.2) is 9.97 Å². The Kier molecular flexibility index (Phi) is 2.89. The molecule has 1 aromatic carbocycles. The molecule has 1 aromatic heterocycles. The third-order valence-electron chi connectivity index (χ3n) is 3.37. The summed E-state index contributed by atoms with van der Waals surface area (Å²) in [6, 6.07) is 5.15. The molecule has 0 atom stereocenters. The Hall–Kier alpha value is -2.51. The van der Waals surface area contributed by atoms with E-state index in [-0.39, 0.29) is 11.8 Å². The van der Waals surface area contributed by atoms with E-state index in [9.17, 15) is 13.2 Å². The maximum absolute atomic E-state index is 12.8. The number of aromatic nitrogens is 2. The lowest BCUT2D eigenvalue weighted by Gasteiger charge is -2.19. The Morgan fingerprint density at radius 2 is 1.86 bits per heavy atom. The van der Waals surface area contributed by atoms with Crippen molar-refractivity contribution in [2.24, 2.45) is 0 Å². The van der Waals surface area contributed by atoms with Crippen molar-refractivity contribution in [1.29, 1.82) is 0 Å². The number of rotatable bonds is 1. The van der Waals surface area contributed by atoms with Gasteiger partial charge in [-0.15, -0.1) is 0 Å². The van der Waals surface area contributed by atoms with Gasteiger partial charge in [-0.05, 0) is 18.2 Å². The van der Waals surface area contributed by atoms with Crippen molar-refractivity contribution in [2.45, 2.75) is 19.3 Å². The summed E-state index contributed by atoms with van der Waals surface area (Å²) in [6.07, 6.45) is -4.37. The Labute approximate surface area is 118 Å². The van der Waals surface area contributed by atoms with Gasteiger partial charge < -0.3 is 16.4 Å². The van der Waals surface area contributed by atoms with Gasteiger partial charge in [0.05, 0.1) is 17.8 Å². The number of halogens is 3. The lowest BCUT2D eigenvalue weighted by atomic mass is 10.2. The highest BCUT2D eigenvalue weighted by atomic mass is 19.4. The molecule has 2 aromatic rings. The number of alkyl halides is 3. The second kappa shape index (κ2) is 4.51. The molecule has 0 fully saturated rings. The highest BCUT2D eigenvalue weighted by molar-refractivity contribution is 5.57. The first kappa shape index (κ1) is 13.5. The van der Waals surface area contributed by atoms with E-state index in [1.165, 1.54) is 6.07 Å². The van der Waals surface area contributed by atoms with Gasteiger partial charge >= 0.3 is 6.18 Å². The lowest BCUT2D eigenvalue weighted by Crippen LogP contribution is -2.16. The number of nitrogens with zero attached hydrogens (tertiary/aromatic N) is 3. The molecule has 0 saturated heterocycles. The van der Waals surface area contributed by atoms with E-state index in [0.717, 1.165) is 12.1 Å². The summed E-state index contributed by atoms with van der Waals surface area (Å²) in [5, 5.41) is 0. The molecule has 3 rings (SSSR count). The van der Waals surface area contributed by atoms with Crippen LogP contribution in [0.5, 0.6) is 0 Å². The average Bonchev–Trinajstić information content (AvgIpc) is 2.82. The van der Waals surface area contributed by atoms with Crippen molar-refractivity contribution >= 4 is 17.5 Å². The Morgan fingerprint density at radius 3 is 2.57 bits per heavy atom. The number of benzene rings is 1. The molecule has 0 bridgehead atoms. The van der Waals surface area contributed by atoms with Crippen LogP contribution in [-0.2, 0) is 19.3 Å². The van der Waals surface area contributed by atoms with Crippen molar-refractivity contribution in [3.63, 3.8) is 0 Å². The molecule has 8 heteroatoms. The van der Waals surface area contributed by atoms with Crippen LogP contribution in [0.4, 0.5) is 30.6 Å². The molecular formula is C13H12F3N5. The molecule has 0 saturated carbocycles. The highest BCUT2D eigenvalue weighted by Gasteiger charge is 2.31. The van der Waals surface area contributed by atoms with Crippen LogP contribution < -0.4 is 16.4 Å². The van der Waals surface area contributed by atoms with Crippen molar-refractivity contribution < 1.29 is 13.2 Å². The van der Waals surface area contributed by atoms with Crippen LogP contribution in [0.3, 0.4) is 0 Å². The Morgan fingerprint density at radius 1 is 1.10 bits per heavy atom. The standard InChI is InChI=1S/C13H12F3N5/c14-13(15,16)7-2-1-3-8(4-7)21-5-9-10(6-21)19-12(18)20-11(9)17/h1-4H,5-6H2,(H4,17,18,19,20). The Bertz CT molecular complexity index is 699. The summed E-state index contributed by atoms with van der Waals surface area (Å²) in [6.45, 7) is 0.719. The number of hydrogen-bond acceptors (Lipinski definition) is 5. The van der Waals surface area contributed by atoms with Crippen LogP contribution in [0.25, 0.3) is 0 Å². The molecule has 0 radical (unpaired) electrons. The lowest BCUT2D eigenvalue weighted by molar-refractivity contribution is -0.137. The maximum Gasteiger partial charge on any atom is 0.416 e. The fourth-order valence-corrected chi connectivity index (χ4v) is 2.36. The Balaban J connectivity index is 1.93. The maximum atomic E-state index is 12.8. The molecule has 1 aliphatic heterocycles. The van der Waals surface area contributed by atoms with Gasteiger partial charge in [0.2, 0.25) is 5.95 Å². The molecule has 0 aliphatic carbocycles. The van der Waals surface area contributed by atoms with E-state index in [4.69, 9.17) is 11.5 Å². The molecule has 0 amide bonds. The summed E-state index contributed by atoms with van der Waals surface area (Å²) in [7, 11) is 0. The molecule has 1 aliphatic rings. The first-order chi connectivity index (χ1) is 9.84. The molecule has 2 heterocycles. The summed E-state index contributed by atoms with van der Waals surface area (Å²) >= 11 is 0. The summed E-state index contributed by atoms with van der Waals surface area (Å²) in [5.41, 5.74) is 12.4. The second-order valence-corrected chi connectivity index (χ2v) is 4.80. The topological polar surface area (TPSA) is 81.1 Å². The van der Waals surface area contributed by atoms with E-state index in [1.807, 2.05) is 0 Å². The third kappa shape index (κ3) is 2.44. The van der Waals surface area contributed by atoms with Crippen LogP contribution >= 0.6 is 0 Å². The second-order valence-electron chi connectivity index (χ2n) is 4.80. The first-order valence-corrected chi connectivity index (χ1v) is 6.17. The zero-order valence-electron chi connectivity index (χ0n) is 10.9. The fraction of sp³-hybridized carbons (Fsp3) is 0.231. The zero-order chi connectivity index (χ0) is 15.2. The molecule has 5 nitrogen and oxygen atoms in total. The average molecular weight is 295 g/mol. The van der Waals surface area contributed by atoms with Gasteiger partial charge in [-0.2, -0.15) is 18.2 Å². The normalized spacial score (nSPS) is 14.3. The predicted octanol–water partition coefficient (Wildman–Crippen LogP) is 2.18. The summed E-state index contributed by atoms with van der Waals surface area (Å²) < 4.78 is 38.3. The van der Waals surface area contributed by atoms with Crippen molar-refractivity contribution in [3.05, 3.63) is 41.1 Å². The van der Waals surface area contributed by atoms with Gasteiger partial charge in [0.25, 0.3) is 0 Å². The van der Waals surface area contributed by atoms with E-state index < -0.39 is 11.7 Å². The number of fused-ring (bicyclic) bond motifs is 1. The van der Waals surface area contributed by atoms with Crippen LogP contribution in [0.2, 0.25) is 0 Å². The largest absolute Gasteiger partial charge is 0.416 e. The van der Waals surface area contributed by atoms with Crippen LogP contribution in [0.15, 0.2) is 24.3 Å². The minimum Gasteiger partial charge on any atom is -0.383 e. The van der Waals surface area contributed by atoms with E-state index in [0.29, 0.717) is 30.0 Å². The fourth-order valence-electron chi connectivity index (χ4n) is 2.36. The van der Waals surface area contributed by atoms with E-state index in [2.05, 4.69) is 9.97 Å². The smallest absolute Gasteiger partial charge is 0.383 e. The summed E-state index contributed by atoms with van der Waals surface area (Å²) in [4.78, 5) is 9.71. The number of hydrogen-bond donors (Lipinski definition) is 2. The number of anilines is 3. The van der Waals surface area contributed by atoms with Gasteiger partial charge in [-0.25, -0.2) is 4.98 Å². The molecule has 0 unspecified atom stereocenters. The number of nitrogens with two attached hydrogens (primary N) is 2. The van der Waals surface area contributed by atoms with Gasteiger partial charge in [0, 0.05) is 17.8 Å². The van der Waals surface area contributed by atoms with Gasteiger partial charge in [0.15, 0.2) is 0 Å². The number of nitrogen functional groups attached to an aromatic ring is 2. The SMILES string of the molecule is Nc1nc(N)c2c(n1)CN(c1cccc(C(F)(F)F)c1)C2. The van der Waals surface area contributed by atoms with Crippen molar-refractivity contribution in [1.82, 2.24) is 9.97 Å². The molecular weight excluding hydrogens is 283 g/mol. The minimum atomic E-state index is -4.37. The predicted molar refractivity (Wildman–Crippen MR) is 72.2 cm³/mol. The van der Waals surface area contributed by atoms with E-state index >= 15 is 0 Å². The van der Waals surface area contributed by atoms with Crippen molar-refractivity contribution in [2.75, 3.05) is 16.4 Å². The van der Waals surface area contributed by atoms with Crippen LogP contribution in [0, 0.1) is 0 Å². The van der Waals surface area contributed by atoms with Crippen molar-refractivity contribution in [3.8, 4) is 0 Å². The minimum absolute atomic E-state index is 0.0668. The zero-order valence-corrected chi connectivity index (χ0v) is 10.9. The molecule has 0 spiro atoms. The third-order valence-corrected chi connectivity index (χ3v) is 3.37. The quantitative estimate of drug-likeness (QED) is 0.842. The summed E-state index contributed by atoms with van der Waals surface area (Å²) in [5.74, 6) is 0.337. The van der Waals surface area contributed by atoms with E-state index in [1.54, 1.807) is 11.0 Å². The van der Waals surface area contributed by atoms with Gasteiger partial charge in [-0.3, -0.25) is 0 Å².